The monoisotopic (exact) mass is 477 g/mol. The van der Waals surface area contributed by atoms with Crippen molar-refractivity contribution in [2.75, 3.05) is 12.3 Å². The normalized spacial score (nSPS) is 11.3. The fourth-order valence-corrected chi connectivity index (χ4v) is 3.18. The topological polar surface area (TPSA) is 189 Å². The highest BCUT2D eigenvalue weighted by atomic mass is 16.6. The van der Waals surface area contributed by atoms with Gasteiger partial charge in [0.15, 0.2) is 5.69 Å². The Bertz CT molecular complexity index is 1430. The molecular formula is C21H19N9O5. The highest BCUT2D eigenvalue weighted by Crippen LogP contribution is 2.29. The van der Waals surface area contributed by atoms with E-state index >= 15 is 0 Å². The van der Waals surface area contributed by atoms with E-state index in [0.29, 0.717) is 29.2 Å². The molecule has 0 aliphatic carbocycles. The Morgan fingerprint density at radius 2 is 2.06 bits per heavy atom. The van der Waals surface area contributed by atoms with Crippen LogP contribution in [0.3, 0.4) is 0 Å². The number of nitrogens with zero attached hydrogens (tertiary/aromatic N) is 7. The molecule has 14 nitrogen and oxygen atoms in total. The predicted octanol–water partition coefficient (Wildman–Crippen LogP) is 2.36. The van der Waals surface area contributed by atoms with Gasteiger partial charge in [-0.2, -0.15) is 9.78 Å². The number of rotatable bonds is 8. The van der Waals surface area contributed by atoms with Gasteiger partial charge < -0.3 is 10.5 Å². The van der Waals surface area contributed by atoms with Crippen LogP contribution in [0.15, 0.2) is 58.3 Å². The molecule has 0 atom stereocenters. The number of non-ortho nitro benzene ring substituents is 1. The number of nitrogen functional groups attached to an aromatic ring is 1. The number of nitrogens with one attached hydrogen (secondary N) is 1. The maximum absolute atomic E-state index is 13.1. The maximum Gasteiger partial charge on any atom is 0.294 e. The third-order valence-electron chi connectivity index (χ3n) is 4.80. The van der Waals surface area contributed by atoms with E-state index in [2.05, 4.69) is 35.8 Å². The number of nitro groups is 1. The molecule has 4 aromatic rings. The van der Waals surface area contributed by atoms with Gasteiger partial charge in [0.1, 0.15) is 11.4 Å². The van der Waals surface area contributed by atoms with E-state index in [1.54, 1.807) is 37.3 Å². The average molecular weight is 477 g/mol. The standard InChI is InChI=1S/C21H19N9O5/c1-3-34-16-9-5-7-14(11-16)18-17(24-28-29(18)20-19(22)26-35-27-20)21(31)25-23-12(2)13-6-4-8-15(10-13)30(32)33/h4-11H,3H2,1-2H3,(H2,22,26)(H,25,31)/b23-12+. The van der Waals surface area contributed by atoms with Gasteiger partial charge in [0, 0.05) is 23.3 Å². The van der Waals surface area contributed by atoms with Crippen molar-refractivity contribution < 1.29 is 19.1 Å². The van der Waals surface area contributed by atoms with Gasteiger partial charge in [-0.05, 0) is 36.3 Å². The first-order chi connectivity index (χ1) is 16.9. The third kappa shape index (κ3) is 4.80. The number of aromatic nitrogens is 5. The minimum absolute atomic E-state index is 0.0460. The zero-order valence-electron chi connectivity index (χ0n) is 18.6. The second kappa shape index (κ2) is 9.78. The second-order valence-electron chi connectivity index (χ2n) is 7.08. The Morgan fingerprint density at radius 1 is 1.26 bits per heavy atom. The van der Waals surface area contributed by atoms with Crippen LogP contribution < -0.4 is 15.9 Å². The summed E-state index contributed by atoms with van der Waals surface area (Å²) in [5.74, 6) is -0.129. The molecule has 0 aliphatic rings. The van der Waals surface area contributed by atoms with Crippen LogP contribution >= 0.6 is 0 Å². The lowest BCUT2D eigenvalue weighted by atomic mass is 10.1. The van der Waals surface area contributed by atoms with Crippen molar-refractivity contribution >= 4 is 23.1 Å². The molecule has 178 valence electrons. The van der Waals surface area contributed by atoms with Gasteiger partial charge in [-0.3, -0.25) is 14.9 Å². The lowest BCUT2D eigenvalue weighted by molar-refractivity contribution is -0.384. The smallest absolute Gasteiger partial charge is 0.294 e. The number of hydrogen-bond acceptors (Lipinski definition) is 11. The molecule has 0 saturated carbocycles. The Hall–Kier alpha value is -5.14. The van der Waals surface area contributed by atoms with Gasteiger partial charge in [0.05, 0.1) is 17.2 Å². The summed E-state index contributed by atoms with van der Waals surface area (Å²) >= 11 is 0. The van der Waals surface area contributed by atoms with E-state index in [4.69, 9.17) is 10.5 Å². The number of ether oxygens (including phenoxy) is 1. The Kier molecular flexibility index (Phi) is 6.44. The van der Waals surface area contributed by atoms with Gasteiger partial charge in [-0.15, -0.1) is 5.10 Å². The molecule has 0 radical (unpaired) electrons. The number of carbonyl (C=O) groups excluding carboxylic acids is 1. The summed E-state index contributed by atoms with van der Waals surface area (Å²) in [5, 5.41) is 30.4. The minimum atomic E-state index is -0.687. The zero-order chi connectivity index (χ0) is 24.9. The molecule has 2 aromatic carbocycles. The zero-order valence-corrected chi connectivity index (χ0v) is 18.6. The number of nitro benzene ring substituents is 1. The summed E-state index contributed by atoms with van der Waals surface area (Å²) in [7, 11) is 0. The minimum Gasteiger partial charge on any atom is -0.494 e. The van der Waals surface area contributed by atoms with Crippen LogP contribution in [0.1, 0.15) is 29.9 Å². The van der Waals surface area contributed by atoms with Gasteiger partial charge in [-0.25, -0.2) is 10.1 Å². The van der Waals surface area contributed by atoms with Crippen molar-refractivity contribution in [1.82, 2.24) is 30.7 Å². The van der Waals surface area contributed by atoms with Crippen molar-refractivity contribution in [2.24, 2.45) is 5.10 Å². The number of nitrogens with two attached hydrogens (primary N) is 1. The first kappa shape index (κ1) is 23.0. The van der Waals surface area contributed by atoms with Gasteiger partial charge in [0.2, 0.25) is 11.6 Å². The number of hydrogen-bond donors (Lipinski definition) is 2. The SMILES string of the molecule is CCOc1cccc(-c2c(C(=O)N/N=C(\C)c3cccc([N+](=O)[O-])c3)nnn2-c2nonc2N)c1. The summed E-state index contributed by atoms with van der Waals surface area (Å²) < 4.78 is 11.5. The molecule has 0 aliphatic heterocycles. The summed E-state index contributed by atoms with van der Waals surface area (Å²) in [6.07, 6.45) is 0. The van der Waals surface area contributed by atoms with Crippen molar-refractivity contribution in [3.8, 4) is 22.8 Å². The molecule has 1 amide bonds. The van der Waals surface area contributed by atoms with E-state index in [9.17, 15) is 14.9 Å². The number of amides is 1. The van der Waals surface area contributed by atoms with Gasteiger partial charge in [-0.1, -0.05) is 29.5 Å². The molecule has 0 bridgehead atoms. The molecule has 0 saturated heterocycles. The molecule has 4 rings (SSSR count). The molecule has 0 spiro atoms. The third-order valence-corrected chi connectivity index (χ3v) is 4.80. The summed E-state index contributed by atoms with van der Waals surface area (Å²) in [4.78, 5) is 23.6. The second-order valence-corrected chi connectivity index (χ2v) is 7.08. The molecule has 2 heterocycles. The molecule has 2 aromatic heterocycles. The molecular weight excluding hydrogens is 458 g/mol. The molecule has 0 fully saturated rings. The highest BCUT2D eigenvalue weighted by Gasteiger charge is 2.25. The van der Waals surface area contributed by atoms with Crippen LogP contribution in [0.25, 0.3) is 17.1 Å². The number of benzene rings is 2. The van der Waals surface area contributed by atoms with Crippen LogP contribution in [0.5, 0.6) is 5.75 Å². The largest absolute Gasteiger partial charge is 0.494 e. The Balaban J connectivity index is 1.71. The number of anilines is 1. The van der Waals surface area contributed by atoms with Gasteiger partial charge in [0.25, 0.3) is 11.6 Å². The van der Waals surface area contributed by atoms with Crippen molar-refractivity contribution in [3.05, 3.63) is 69.9 Å². The number of hydrazone groups is 1. The van der Waals surface area contributed by atoms with Crippen LogP contribution in [-0.4, -0.2) is 48.5 Å². The predicted molar refractivity (Wildman–Crippen MR) is 123 cm³/mol. The number of carbonyl (C=O) groups is 1. The Labute approximate surface area is 197 Å². The van der Waals surface area contributed by atoms with Crippen molar-refractivity contribution in [2.45, 2.75) is 13.8 Å². The summed E-state index contributed by atoms with van der Waals surface area (Å²) in [5.41, 5.74) is 9.65. The average Bonchev–Trinajstić information content (AvgIpc) is 3.48. The van der Waals surface area contributed by atoms with E-state index in [1.165, 1.54) is 22.9 Å². The summed E-state index contributed by atoms with van der Waals surface area (Å²) in [6, 6.07) is 12.8. The molecule has 3 N–H and O–H groups in total. The van der Waals surface area contributed by atoms with Crippen LogP contribution in [0.2, 0.25) is 0 Å². The summed E-state index contributed by atoms with van der Waals surface area (Å²) in [6.45, 7) is 3.89. The van der Waals surface area contributed by atoms with Crippen LogP contribution in [0.4, 0.5) is 11.5 Å². The van der Waals surface area contributed by atoms with Gasteiger partial charge >= 0.3 is 0 Å². The fraction of sp³-hybridized carbons (Fsp3) is 0.143. The van der Waals surface area contributed by atoms with Crippen LogP contribution in [-0.2, 0) is 0 Å². The van der Waals surface area contributed by atoms with Crippen molar-refractivity contribution in [1.29, 1.82) is 0 Å². The van der Waals surface area contributed by atoms with E-state index in [1.807, 2.05) is 6.92 Å². The lowest BCUT2D eigenvalue weighted by Crippen LogP contribution is -2.21. The Morgan fingerprint density at radius 3 is 2.77 bits per heavy atom. The van der Waals surface area contributed by atoms with E-state index in [0.717, 1.165) is 0 Å². The first-order valence-electron chi connectivity index (χ1n) is 10.3. The van der Waals surface area contributed by atoms with E-state index in [-0.39, 0.29) is 28.7 Å². The molecule has 14 heteroatoms. The quantitative estimate of drug-likeness (QED) is 0.216. The first-order valence-corrected chi connectivity index (χ1v) is 10.3. The lowest BCUT2D eigenvalue weighted by Gasteiger charge is -2.08. The van der Waals surface area contributed by atoms with Crippen LogP contribution in [0, 0.1) is 10.1 Å². The molecule has 0 unspecified atom stereocenters. The maximum atomic E-state index is 13.1. The highest BCUT2D eigenvalue weighted by molar-refractivity contribution is 6.02. The van der Waals surface area contributed by atoms with E-state index < -0.39 is 10.8 Å². The van der Waals surface area contributed by atoms with Crippen molar-refractivity contribution in [3.63, 3.8) is 0 Å². The molecule has 35 heavy (non-hydrogen) atoms. The fourth-order valence-electron chi connectivity index (χ4n) is 3.18.